The third-order valence-electron chi connectivity index (χ3n) is 4.22. The van der Waals surface area contributed by atoms with Crippen LogP contribution in [0.25, 0.3) is 0 Å². The van der Waals surface area contributed by atoms with E-state index in [0.717, 1.165) is 11.5 Å². The number of nitrogens with one attached hydrogen (secondary N) is 2. The molecule has 0 spiro atoms. The van der Waals surface area contributed by atoms with Crippen molar-refractivity contribution in [2.45, 2.75) is 45.8 Å². The minimum absolute atomic E-state index is 0.0558. The van der Waals surface area contributed by atoms with Gasteiger partial charge in [0.05, 0.1) is 25.6 Å². The first-order valence-electron chi connectivity index (χ1n) is 8.70. The van der Waals surface area contributed by atoms with E-state index in [1.54, 1.807) is 0 Å². The lowest BCUT2D eigenvalue weighted by Crippen LogP contribution is -2.56. The van der Waals surface area contributed by atoms with Gasteiger partial charge in [0.1, 0.15) is 11.5 Å². The molecular weight excluding hydrogens is 338 g/mol. The lowest BCUT2D eigenvalue weighted by molar-refractivity contribution is -0.134. The highest BCUT2D eigenvalue weighted by molar-refractivity contribution is 5.88. The fourth-order valence-electron chi connectivity index (χ4n) is 2.87. The zero-order chi connectivity index (χ0) is 18.5. The molecule has 1 saturated heterocycles. The van der Waals surface area contributed by atoms with Crippen molar-refractivity contribution in [2.24, 2.45) is 0 Å². The molecule has 3 rings (SSSR count). The summed E-state index contributed by atoms with van der Waals surface area (Å²) in [5, 5.41) is 13.2. The zero-order valence-electron chi connectivity index (χ0n) is 14.9. The molecule has 1 aliphatic rings. The van der Waals surface area contributed by atoms with Crippen LogP contribution in [0.4, 0.5) is 0 Å². The number of furan rings is 1. The zero-order valence-corrected chi connectivity index (χ0v) is 14.9. The Morgan fingerprint density at radius 1 is 1.35 bits per heavy atom. The molecule has 0 saturated carbocycles. The number of hydrogen-bond donors (Lipinski definition) is 2. The van der Waals surface area contributed by atoms with Crippen LogP contribution >= 0.6 is 0 Å². The van der Waals surface area contributed by atoms with Crippen LogP contribution in [-0.2, 0) is 29.1 Å². The Kier molecular flexibility index (Phi) is 5.67. The number of piperazine rings is 1. The van der Waals surface area contributed by atoms with Gasteiger partial charge in [-0.05, 0) is 19.1 Å². The molecule has 1 fully saturated rings. The Bertz CT molecular complexity index is 769. The fraction of sp³-hybridized carbons (Fsp3) is 0.529. The summed E-state index contributed by atoms with van der Waals surface area (Å²) < 4.78 is 10.9. The van der Waals surface area contributed by atoms with Gasteiger partial charge in [-0.1, -0.05) is 6.92 Å². The number of rotatable bonds is 7. The van der Waals surface area contributed by atoms with Gasteiger partial charge in [0.25, 0.3) is 0 Å². The summed E-state index contributed by atoms with van der Waals surface area (Å²) in [6.07, 6.45) is 0.699. The van der Waals surface area contributed by atoms with Crippen molar-refractivity contribution in [2.75, 3.05) is 13.1 Å². The number of amides is 2. The Hall–Kier alpha value is -2.68. The molecule has 1 aliphatic heterocycles. The second kappa shape index (κ2) is 8.13. The fourth-order valence-corrected chi connectivity index (χ4v) is 2.87. The van der Waals surface area contributed by atoms with Gasteiger partial charge < -0.3 is 19.5 Å². The Labute approximate surface area is 151 Å². The molecule has 140 valence electrons. The average molecular weight is 361 g/mol. The summed E-state index contributed by atoms with van der Waals surface area (Å²) in [4.78, 5) is 26.5. The highest BCUT2D eigenvalue weighted by Crippen LogP contribution is 2.16. The second-order valence-electron chi connectivity index (χ2n) is 6.21. The summed E-state index contributed by atoms with van der Waals surface area (Å²) in [6.45, 7) is 5.64. The second-order valence-corrected chi connectivity index (χ2v) is 6.21. The van der Waals surface area contributed by atoms with E-state index in [0.29, 0.717) is 37.8 Å². The van der Waals surface area contributed by atoms with Crippen LogP contribution in [-0.4, -0.2) is 46.0 Å². The molecule has 3 heterocycles. The first-order chi connectivity index (χ1) is 12.5. The lowest BCUT2D eigenvalue weighted by Gasteiger charge is -2.34. The maximum Gasteiger partial charge on any atom is 0.237 e. The minimum atomic E-state index is -0.539. The van der Waals surface area contributed by atoms with Crippen molar-refractivity contribution in [3.05, 3.63) is 35.4 Å². The minimum Gasteiger partial charge on any atom is -0.465 e. The molecule has 0 aromatic carbocycles. The van der Waals surface area contributed by atoms with Crippen molar-refractivity contribution in [1.82, 2.24) is 25.7 Å². The van der Waals surface area contributed by atoms with Gasteiger partial charge in [-0.2, -0.15) is 0 Å². The summed E-state index contributed by atoms with van der Waals surface area (Å²) >= 11 is 0. The number of aryl methyl sites for hydroxylation is 2. The van der Waals surface area contributed by atoms with Crippen molar-refractivity contribution in [3.63, 3.8) is 0 Å². The van der Waals surface area contributed by atoms with Crippen LogP contribution in [0.15, 0.2) is 21.0 Å². The van der Waals surface area contributed by atoms with Gasteiger partial charge >= 0.3 is 0 Å². The third kappa shape index (κ3) is 4.48. The van der Waals surface area contributed by atoms with Crippen LogP contribution in [0.5, 0.6) is 0 Å². The predicted octanol–water partition coefficient (Wildman–Crippen LogP) is 0.540. The highest BCUT2D eigenvalue weighted by Gasteiger charge is 2.32. The quantitative estimate of drug-likeness (QED) is 0.740. The van der Waals surface area contributed by atoms with Gasteiger partial charge in [0, 0.05) is 19.5 Å². The summed E-state index contributed by atoms with van der Waals surface area (Å²) in [5.74, 6) is 2.08. The smallest absolute Gasteiger partial charge is 0.237 e. The number of carbonyl (C=O) groups excluding carboxylic acids is 2. The molecule has 2 N–H and O–H groups in total. The molecule has 9 nitrogen and oxygen atoms in total. The molecule has 1 atom stereocenters. The van der Waals surface area contributed by atoms with Crippen molar-refractivity contribution < 1.29 is 18.4 Å². The Balaban J connectivity index is 1.57. The first kappa shape index (κ1) is 18.1. The van der Waals surface area contributed by atoms with Crippen LogP contribution in [0.3, 0.4) is 0 Å². The van der Waals surface area contributed by atoms with Gasteiger partial charge in [-0.3, -0.25) is 14.5 Å². The normalized spacial score (nSPS) is 17.9. The number of aromatic nitrogens is 2. The van der Waals surface area contributed by atoms with E-state index in [1.807, 2.05) is 30.9 Å². The molecular formula is C17H23N5O4. The van der Waals surface area contributed by atoms with E-state index in [1.165, 1.54) is 0 Å². The highest BCUT2D eigenvalue weighted by atomic mass is 16.4. The third-order valence-corrected chi connectivity index (χ3v) is 4.22. The number of carbonyl (C=O) groups is 2. The molecule has 2 amide bonds. The van der Waals surface area contributed by atoms with Crippen LogP contribution in [0.1, 0.15) is 36.6 Å². The van der Waals surface area contributed by atoms with Gasteiger partial charge in [0.15, 0.2) is 0 Å². The maximum absolute atomic E-state index is 12.3. The lowest BCUT2D eigenvalue weighted by atomic mass is 10.1. The largest absolute Gasteiger partial charge is 0.465 e. The van der Waals surface area contributed by atoms with E-state index in [4.69, 9.17) is 8.83 Å². The predicted molar refractivity (Wildman–Crippen MR) is 90.8 cm³/mol. The first-order valence-corrected chi connectivity index (χ1v) is 8.70. The number of hydrogen-bond acceptors (Lipinski definition) is 7. The number of nitrogens with zero attached hydrogens (tertiary/aromatic N) is 3. The maximum atomic E-state index is 12.3. The monoisotopic (exact) mass is 361 g/mol. The van der Waals surface area contributed by atoms with E-state index < -0.39 is 6.04 Å². The van der Waals surface area contributed by atoms with Crippen molar-refractivity contribution in [1.29, 1.82) is 0 Å². The van der Waals surface area contributed by atoms with E-state index in [2.05, 4.69) is 20.8 Å². The standard InChI is InChI=1S/C17H23N5O4/c1-3-15-20-21-16(26-15)9-19-14(23)8-13-17(24)18-6-7-22(13)10-12-5-4-11(2)25-12/h4-5,13H,3,6-10H2,1-2H3,(H,18,24)(H,19,23)/t13-/m1/s1. The van der Waals surface area contributed by atoms with E-state index in [9.17, 15) is 9.59 Å². The van der Waals surface area contributed by atoms with Crippen LogP contribution in [0.2, 0.25) is 0 Å². The molecule has 2 aromatic rings. The Morgan fingerprint density at radius 3 is 2.85 bits per heavy atom. The van der Waals surface area contributed by atoms with Crippen LogP contribution < -0.4 is 10.6 Å². The summed E-state index contributed by atoms with van der Waals surface area (Å²) in [6, 6.07) is 3.23. The van der Waals surface area contributed by atoms with E-state index in [-0.39, 0.29) is 24.8 Å². The molecule has 0 aliphatic carbocycles. The summed E-state index contributed by atoms with van der Waals surface area (Å²) in [5.41, 5.74) is 0. The van der Waals surface area contributed by atoms with Gasteiger partial charge in [-0.25, -0.2) is 0 Å². The van der Waals surface area contributed by atoms with Crippen molar-refractivity contribution in [3.8, 4) is 0 Å². The topological polar surface area (TPSA) is 114 Å². The Morgan fingerprint density at radius 2 is 2.15 bits per heavy atom. The molecule has 26 heavy (non-hydrogen) atoms. The molecule has 0 radical (unpaired) electrons. The molecule has 9 heteroatoms. The molecule has 0 bridgehead atoms. The SMILES string of the molecule is CCc1nnc(CNC(=O)C[C@@H]2C(=O)NCCN2Cc2ccc(C)o2)o1. The van der Waals surface area contributed by atoms with Gasteiger partial charge in [0.2, 0.25) is 23.6 Å². The molecule has 2 aromatic heterocycles. The van der Waals surface area contributed by atoms with Gasteiger partial charge in [-0.15, -0.1) is 10.2 Å². The van der Waals surface area contributed by atoms with Crippen molar-refractivity contribution >= 4 is 11.8 Å². The molecule has 0 unspecified atom stereocenters. The van der Waals surface area contributed by atoms with E-state index >= 15 is 0 Å². The average Bonchev–Trinajstić information content (AvgIpc) is 3.25. The summed E-state index contributed by atoms with van der Waals surface area (Å²) in [7, 11) is 0. The van der Waals surface area contributed by atoms with Crippen LogP contribution in [0, 0.1) is 6.92 Å².